The summed E-state index contributed by atoms with van der Waals surface area (Å²) < 4.78 is 5.61. The Hall–Kier alpha value is -1.82. The van der Waals surface area contributed by atoms with E-state index in [0.29, 0.717) is 11.4 Å². The van der Waals surface area contributed by atoms with E-state index < -0.39 is 0 Å². The van der Waals surface area contributed by atoms with Gasteiger partial charge in [-0.3, -0.25) is 4.79 Å². The molecule has 2 N–H and O–H groups in total. The third kappa shape index (κ3) is 5.67. The van der Waals surface area contributed by atoms with E-state index in [0.717, 1.165) is 31.7 Å². The molecule has 7 heteroatoms. The molecule has 0 saturated carbocycles. The maximum absolute atomic E-state index is 12.2. The molecule has 1 saturated heterocycles. The standard InChI is InChI=1S/C17H19N3O2.2ClH/c21-17(20-14-5-4-10-18-12-14)13-8-9-16(19-11-13)22-15-6-2-1-3-7-15;;/h1-3,6-9,11,14,18H,4-5,10,12H2,(H,20,21);2*1H/t14-;;/m0../s1. The average Bonchev–Trinajstić information content (AvgIpc) is 2.57. The van der Waals surface area contributed by atoms with Gasteiger partial charge >= 0.3 is 0 Å². The van der Waals surface area contributed by atoms with E-state index in [9.17, 15) is 4.79 Å². The van der Waals surface area contributed by atoms with Crippen LogP contribution in [-0.4, -0.2) is 30.0 Å². The van der Waals surface area contributed by atoms with Crippen molar-refractivity contribution in [2.75, 3.05) is 13.1 Å². The lowest BCUT2D eigenvalue weighted by atomic mass is 10.1. The van der Waals surface area contributed by atoms with E-state index in [1.165, 1.54) is 0 Å². The van der Waals surface area contributed by atoms with Crippen LogP contribution in [0.1, 0.15) is 23.2 Å². The van der Waals surface area contributed by atoms with Crippen LogP contribution in [0, 0.1) is 0 Å². The zero-order valence-corrected chi connectivity index (χ0v) is 14.7. The molecule has 2 heterocycles. The number of piperidine rings is 1. The van der Waals surface area contributed by atoms with Gasteiger partial charge in [-0.2, -0.15) is 0 Å². The summed E-state index contributed by atoms with van der Waals surface area (Å²) in [6.07, 6.45) is 3.65. The van der Waals surface area contributed by atoms with Crippen LogP contribution in [-0.2, 0) is 0 Å². The van der Waals surface area contributed by atoms with Crippen molar-refractivity contribution in [1.82, 2.24) is 15.6 Å². The fraction of sp³-hybridized carbons (Fsp3) is 0.294. The zero-order valence-electron chi connectivity index (χ0n) is 13.1. The highest BCUT2D eigenvalue weighted by Gasteiger charge is 2.16. The number of carbonyl (C=O) groups is 1. The number of amides is 1. The van der Waals surface area contributed by atoms with Crippen molar-refractivity contribution in [2.45, 2.75) is 18.9 Å². The van der Waals surface area contributed by atoms with Crippen LogP contribution in [0.2, 0.25) is 0 Å². The van der Waals surface area contributed by atoms with Gasteiger partial charge in [0.25, 0.3) is 5.91 Å². The normalized spacial score (nSPS) is 16.2. The maximum atomic E-state index is 12.2. The number of halogens is 2. The molecule has 24 heavy (non-hydrogen) atoms. The monoisotopic (exact) mass is 369 g/mol. The molecule has 2 aromatic rings. The molecule has 1 fully saturated rings. The van der Waals surface area contributed by atoms with Gasteiger partial charge < -0.3 is 15.4 Å². The Labute approximate surface area is 154 Å². The summed E-state index contributed by atoms with van der Waals surface area (Å²) in [7, 11) is 0. The number of ether oxygens (including phenoxy) is 1. The Bertz CT molecular complexity index is 617. The number of nitrogens with zero attached hydrogens (tertiary/aromatic N) is 1. The maximum Gasteiger partial charge on any atom is 0.253 e. The molecule has 0 radical (unpaired) electrons. The van der Waals surface area contributed by atoms with E-state index in [-0.39, 0.29) is 36.8 Å². The minimum Gasteiger partial charge on any atom is -0.439 e. The smallest absolute Gasteiger partial charge is 0.253 e. The van der Waals surface area contributed by atoms with E-state index in [1.807, 2.05) is 30.3 Å². The van der Waals surface area contributed by atoms with Crippen molar-refractivity contribution >= 4 is 30.7 Å². The van der Waals surface area contributed by atoms with E-state index >= 15 is 0 Å². The molecule has 3 rings (SSSR count). The number of hydrogen-bond acceptors (Lipinski definition) is 4. The van der Waals surface area contributed by atoms with Gasteiger partial charge in [-0.05, 0) is 37.6 Å². The van der Waals surface area contributed by atoms with Crippen molar-refractivity contribution in [3.8, 4) is 11.6 Å². The molecule has 0 bridgehead atoms. The Morgan fingerprint density at radius 1 is 1.17 bits per heavy atom. The zero-order chi connectivity index (χ0) is 15.2. The molecule has 1 atom stereocenters. The summed E-state index contributed by atoms with van der Waals surface area (Å²) >= 11 is 0. The van der Waals surface area contributed by atoms with Gasteiger partial charge in [-0.15, -0.1) is 24.8 Å². The lowest BCUT2D eigenvalue weighted by molar-refractivity contribution is 0.0930. The van der Waals surface area contributed by atoms with Crippen molar-refractivity contribution < 1.29 is 9.53 Å². The summed E-state index contributed by atoms with van der Waals surface area (Å²) in [5.74, 6) is 1.11. The number of rotatable bonds is 4. The van der Waals surface area contributed by atoms with Crippen LogP contribution in [0.3, 0.4) is 0 Å². The number of para-hydroxylation sites is 1. The van der Waals surface area contributed by atoms with Crippen molar-refractivity contribution in [3.63, 3.8) is 0 Å². The topological polar surface area (TPSA) is 63.2 Å². The first-order chi connectivity index (χ1) is 10.8. The van der Waals surface area contributed by atoms with Crippen LogP contribution in [0.5, 0.6) is 11.6 Å². The van der Waals surface area contributed by atoms with Gasteiger partial charge in [0.05, 0.1) is 5.56 Å². The Morgan fingerprint density at radius 3 is 2.58 bits per heavy atom. The van der Waals surface area contributed by atoms with Gasteiger partial charge in [-0.1, -0.05) is 18.2 Å². The molecule has 1 aromatic heterocycles. The van der Waals surface area contributed by atoms with Gasteiger partial charge in [0, 0.05) is 24.8 Å². The van der Waals surface area contributed by atoms with Crippen LogP contribution in [0.25, 0.3) is 0 Å². The van der Waals surface area contributed by atoms with Crippen molar-refractivity contribution in [3.05, 3.63) is 54.2 Å². The molecular formula is C17H21Cl2N3O2. The van der Waals surface area contributed by atoms with Crippen LogP contribution in [0.15, 0.2) is 48.7 Å². The van der Waals surface area contributed by atoms with Crippen molar-refractivity contribution in [1.29, 1.82) is 0 Å². The average molecular weight is 370 g/mol. The second-order valence-corrected chi connectivity index (χ2v) is 5.32. The van der Waals surface area contributed by atoms with Gasteiger partial charge in [0.2, 0.25) is 5.88 Å². The summed E-state index contributed by atoms with van der Waals surface area (Å²) in [5, 5.41) is 6.30. The fourth-order valence-electron chi connectivity index (χ4n) is 2.43. The highest BCUT2D eigenvalue weighted by molar-refractivity contribution is 5.94. The summed E-state index contributed by atoms with van der Waals surface area (Å²) in [4.78, 5) is 16.4. The summed E-state index contributed by atoms with van der Waals surface area (Å²) in [6.45, 7) is 1.85. The molecule has 1 aromatic carbocycles. The first-order valence-electron chi connectivity index (χ1n) is 7.52. The van der Waals surface area contributed by atoms with Gasteiger partial charge in [0.15, 0.2) is 0 Å². The van der Waals surface area contributed by atoms with Crippen LogP contribution in [0.4, 0.5) is 0 Å². The van der Waals surface area contributed by atoms with Crippen LogP contribution < -0.4 is 15.4 Å². The predicted molar refractivity (Wildman–Crippen MR) is 98.6 cm³/mol. The molecule has 0 spiro atoms. The molecule has 0 aliphatic carbocycles. The molecule has 1 aliphatic rings. The fourth-order valence-corrected chi connectivity index (χ4v) is 2.43. The molecule has 1 aliphatic heterocycles. The highest BCUT2D eigenvalue weighted by Crippen LogP contribution is 2.18. The number of nitrogens with one attached hydrogen (secondary N) is 2. The molecular weight excluding hydrogens is 349 g/mol. The number of hydrogen-bond donors (Lipinski definition) is 2. The third-order valence-electron chi connectivity index (χ3n) is 3.60. The molecule has 5 nitrogen and oxygen atoms in total. The summed E-state index contributed by atoms with van der Waals surface area (Å²) in [5.41, 5.74) is 0.547. The first kappa shape index (κ1) is 20.2. The molecule has 130 valence electrons. The quantitative estimate of drug-likeness (QED) is 0.868. The van der Waals surface area contributed by atoms with Crippen molar-refractivity contribution in [2.24, 2.45) is 0 Å². The second kappa shape index (κ2) is 10.1. The lowest BCUT2D eigenvalue weighted by Crippen LogP contribution is -2.45. The van der Waals surface area contributed by atoms with E-state index in [2.05, 4.69) is 15.6 Å². The van der Waals surface area contributed by atoms with E-state index in [1.54, 1.807) is 18.3 Å². The Balaban J connectivity index is 0.00000144. The van der Waals surface area contributed by atoms with Gasteiger partial charge in [0.1, 0.15) is 5.75 Å². The third-order valence-corrected chi connectivity index (χ3v) is 3.60. The number of pyridine rings is 1. The van der Waals surface area contributed by atoms with Gasteiger partial charge in [-0.25, -0.2) is 4.98 Å². The first-order valence-corrected chi connectivity index (χ1v) is 7.52. The molecule has 0 unspecified atom stereocenters. The summed E-state index contributed by atoms with van der Waals surface area (Å²) in [6, 6.07) is 13.1. The minimum absolute atomic E-state index is 0. The molecule has 1 amide bonds. The SMILES string of the molecule is Cl.Cl.O=C(N[C@H]1CCCNC1)c1ccc(Oc2ccccc2)nc1. The van der Waals surface area contributed by atoms with E-state index in [4.69, 9.17) is 4.74 Å². The largest absolute Gasteiger partial charge is 0.439 e. The number of aromatic nitrogens is 1. The number of carbonyl (C=O) groups excluding carboxylic acids is 1. The second-order valence-electron chi connectivity index (χ2n) is 5.32. The number of benzene rings is 1. The predicted octanol–water partition coefficient (Wildman–Crippen LogP) is 3.20. The lowest BCUT2D eigenvalue weighted by Gasteiger charge is -2.23. The highest BCUT2D eigenvalue weighted by atomic mass is 35.5. The Morgan fingerprint density at radius 2 is 1.96 bits per heavy atom. The Kier molecular flexibility index (Phi) is 8.54. The minimum atomic E-state index is -0.0903. The van der Waals surface area contributed by atoms with Crippen LogP contribution >= 0.6 is 24.8 Å².